The van der Waals surface area contributed by atoms with E-state index >= 15 is 0 Å². The van der Waals surface area contributed by atoms with Crippen LogP contribution in [0.2, 0.25) is 0 Å². The number of esters is 1. The SMILES string of the molecule is CCOC(=O)C[N+]1=CC2(c3ccccc3)CCC1c1ccccc12.[I-]. The summed E-state index contributed by atoms with van der Waals surface area (Å²) >= 11 is 0. The number of hydrogen-bond acceptors (Lipinski definition) is 2. The molecule has 0 N–H and O–H groups in total. The lowest BCUT2D eigenvalue weighted by Gasteiger charge is -2.42. The molecule has 2 atom stereocenters. The number of ether oxygens (including phenoxy) is 1. The van der Waals surface area contributed by atoms with Crippen LogP contribution in [0.1, 0.15) is 42.5 Å². The van der Waals surface area contributed by atoms with Crippen molar-refractivity contribution in [2.24, 2.45) is 0 Å². The average Bonchev–Trinajstić information content (AvgIpc) is 2.63. The zero-order chi connectivity index (χ0) is 16.6. The van der Waals surface area contributed by atoms with Crippen LogP contribution in [0.5, 0.6) is 0 Å². The molecule has 2 bridgehead atoms. The van der Waals surface area contributed by atoms with Crippen molar-refractivity contribution in [2.75, 3.05) is 13.2 Å². The lowest BCUT2D eigenvalue weighted by atomic mass is 9.63. The van der Waals surface area contributed by atoms with Crippen molar-refractivity contribution in [1.82, 2.24) is 0 Å². The van der Waals surface area contributed by atoms with Crippen LogP contribution in [0.15, 0.2) is 54.6 Å². The van der Waals surface area contributed by atoms with E-state index in [1.165, 1.54) is 16.7 Å². The molecule has 0 saturated carbocycles. The van der Waals surface area contributed by atoms with Crippen LogP contribution >= 0.6 is 0 Å². The summed E-state index contributed by atoms with van der Waals surface area (Å²) in [6, 6.07) is 19.6. The van der Waals surface area contributed by atoms with Gasteiger partial charge in [0.15, 0.2) is 12.3 Å². The third-order valence-corrected chi connectivity index (χ3v) is 5.30. The topological polar surface area (TPSA) is 29.3 Å². The van der Waals surface area contributed by atoms with Crippen LogP contribution in [0.3, 0.4) is 0 Å². The van der Waals surface area contributed by atoms with Crippen molar-refractivity contribution < 1.29 is 38.1 Å². The van der Waals surface area contributed by atoms with E-state index in [1.807, 2.05) is 6.92 Å². The molecule has 0 saturated heterocycles. The minimum Gasteiger partial charge on any atom is -1.00 e. The Hall–Kier alpha value is -1.69. The van der Waals surface area contributed by atoms with E-state index in [0.717, 1.165) is 12.8 Å². The fraction of sp³-hybridized carbons (Fsp3) is 0.333. The van der Waals surface area contributed by atoms with Crippen molar-refractivity contribution >= 4 is 12.2 Å². The van der Waals surface area contributed by atoms with Gasteiger partial charge in [0, 0.05) is 12.0 Å². The Morgan fingerprint density at radius 2 is 1.88 bits per heavy atom. The molecule has 2 aliphatic heterocycles. The summed E-state index contributed by atoms with van der Waals surface area (Å²) in [6.07, 6.45) is 4.41. The van der Waals surface area contributed by atoms with Crippen molar-refractivity contribution in [1.29, 1.82) is 0 Å². The molecule has 25 heavy (non-hydrogen) atoms. The summed E-state index contributed by atoms with van der Waals surface area (Å²) in [5.74, 6) is -0.151. The van der Waals surface area contributed by atoms with E-state index in [4.69, 9.17) is 4.74 Å². The Bertz CT molecular complexity index is 803. The van der Waals surface area contributed by atoms with E-state index in [9.17, 15) is 4.79 Å². The Balaban J connectivity index is 0.00000182. The van der Waals surface area contributed by atoms with Gasteiger partial charge in [-0.25, -0.2) is 9.37 Å². The smallest absolute Gasteiger partial charge is 0.372 e. The molecule has 0 radical (unpaired) electrons. The quantitative estimate of drug-likeness (QED) is 0.388. The van der Waals surface area contributed by atoms with Gasteiger partial charge in [0.05, 0.1) is 12.0 Å². The maximum absolute atomic E-state index is 12.1. The van der Waals surface area contributed by atoms with Crippen LogP contribution in [0.4, 0.5) is 0 Å². The van der Waals surface area contributed by atoms with Crippen molar-refractivity contribution in [2.45, 2.75) is 31.2 Å². The fourth-order valence-corrected chi connectivity index (χ4v) is 4.32. The van der Waals surface area contributed by atoms with Gasteiger partial charge in [-0.2, -0.15) is 0 Å². The molecular weight excluding hydrogens is 425 g/mol. The largest absolute Gasteiger partial charge is 1.00 e. The van der Waals surface area contributed by atoms with Gasteiger partial charge in [0.1, 0.15) is 0 Å². The van der Waals surface area contributed by atoms with Gasteiger partial charge in [-0.3, -0.25) is 0 Å². The molecular formula is C21H22INO2. The van der Waals surface area contributed by atoms with Crippen LogP contribution in [0.25, 0.3) is 0 Å². The lowest BCUT2D eigenvalue weighted by Crippen LogP contribution is -3.00. The van der Waals surface area contributed by atoms with Gasteiger partial charge < -0.3 is 28.7 Å². The Morgan fingerprint density at radius 1 is 1.16 bits per heavy atom. The molecule has 2 aromatic rings. The first kappa shape index (κ1) is 18.1. The highest BCUT2D eigenvalue weighted by Crippen LogP contribution is 2.49. The maximum Gasteiger partial charge on any atom is 0.372 e. The standard InChI is InChI=1S/C21H22NO2.HI/c1-2-24-20(23)14-22-15-21(16-8-4-3-5-9-16)13-12-19(22)17-10-6-7-11-18(17)21;/h3-11,15,19H,2,12-14H2,1H3;1H/q+1;/p-1. The first-order chi connectivity index (χ1) is 11.7. The highest BCUT2D eigenvalue weighted by Gasteiger charge is 2.50. The zero-order valence-electron chi connectivity index (χ0n) is 14.3. The first-order valence-corrected chi connectivity index (χ1v) is 8.67. The minimum atomic E-state index is -0.151. The number of halogens is 1. The lowest BCUT2D eigenvalue weighted by molar-refractivity contribution is -0.570. The van der Waals surface area contributed by atoms with E-state index < -0.39 is 0 Å². The molecule has 3 aliphatic rings. The molecule has 0 spiro atoms. The fourth-order valence-electron chi connectivity index (χ4n) is 4.32. The molecule has 130 valence electrons. The summed E-state index contributed by atoms with van der Waals surface area (Å²) in [4.78, 5) is 12.1. The number of rotatable bonds is 4. The number of carbonyl (C=O) groups excluding carboxylic acids is 1. The van der Waals surface area contributed by atoms with E-state index in [-0.39, 0.29) is 41.4 Å². The second kappa shape index (κ2) is 7.28. The third-order valence-electron chi connectivity index (χ3n) is 5.30. The van der Waals surface area contributed by atoms with Crippen LogP contribution < -0.4 is 24.0 Å². The molecule has 5 rings (SSSR count). The highest BCUT2D eigenvalue weighted by atomic mass is 127. The molecule has 0 amide bonds. The second-order valence-electron chi connectivity index (χ2n) is 6.59. The predicted octanol–water partition coefficient (Wildman–Crippen LogP) is 0.472. The number of carbonyl (C=O) groups is 1. The van der Waals surface area contributed by atoms with Crippen LogP contribution in [-0.4, -0.2) is 29.9 Å². The van der Waals surface area contributed by atoms with Gasteiger partial charge in [0.25, 0.3) is 0 Å². The minimum absolute atomic E-state index is 0. The molecule has 0 aromatic heterocycles. The number of fused-ring (bicyclic) bond motifs is 1. The van der Waals surface area contributed by atoms with E-state index in [0.29, 0.717) is 13.2 Å². The average molecular weight is 447 g/mol. The van der Waals surface area contributed by atoms with Crippen molar-refractivity contribution in [3.8, 4) is 0 Å². The third kappa shape index (κ3) is 3.01. The van der Waals surface area contributed by atoms with Crippen molar-refractivity contribution in [3.05, 3.63) is 71.3 Å². The van der Waals surface area contributed by atoms with Gasteiger partial charge in [-0.05, 0) is 24.5 Å². The molecule has 3 nitrogen and oxygen atoms in total. The van der Waals surface area contributed by atoms with E-state index in [1.54, 1.807) is 0 Å². The molecule has 2 heterocycles. The van der Waals surface area contributed by atoms with Crippen molar-refractivity contribution in [3.63, 3.8) is 0 Å². The van der Waals surface area contributed by atoms with Gasteiger partial charge in [-0.15, -0.1) is 0 Å². The number of hydrogen-bond donors (Lipinski definition) is 0. The van der Waals surface area contributed by atoms with Crippen LogP contribution in [-0.2, 0) is 14.9 Å². The van der Waals surface area contributed by atoms with Gasteiger partial charge >= 0.3 is 5.97 Å². The molecule has 0 fully saturated rings. The van der Waals surface area contributed by atoms with E-state index in [2.05, 4.69) is 65.4 Å². The Kier molecular flexibility index (Phi) is 5.27. The number of nitrogens with zero attached hydrogens (tertiary/aromatic N) is 1. The van der Waals surface area contributed by atoms with Gasteiger partial charge in [-0.1, -0.05) is 54.6 Å². The second-order valence-corrected chi connectivity index (χ2v) is 6.59. The van der Waals surface area contributed by atoms with Crippen LogP contribution in [0, 0.1) is 0 Å². The number of benzene rings is 2. The summed E-state index contributed by atoms with van der Waals surface area (Å²) in [5.41, 5.74) is 3.88. The first-order valence-electron chi connectivity index (χ1n) is 8.67. The molecule has 2 aromatic carbocycles. The normalized spacial score (nSPS) is 23.2. The van der Waals surface area contributed by atoms with Gasteiger partial charge in [0.2, 0.25) is 6.54 Å². The Labute approximate surface area is 165 Å². The Morgan fingerprint density at radius 3 is 2.64 bits per heavy atom. The summed E-state index contributed by atoms with van der Waals surface area (Å²) < 4.78 is 7.37. The highest BCUT2D eigenvalue weighted by molar-refractivity contribution is 5.80. The predicted molar refractivity (Wildman–Crippen MR) is 93.5 cm³/mol. The zero-order valence-corrected chi connectivity index (χ0v) is 16.5. The maximum atomic E-state index is 12.1. The summed E-state index contributed by atoms with van der Waals surface area (Å²) in [5, 5.41) is 0. The molecule has 4 heteroatoms. The monoisotopic (exact) mass is 447 g/mol. The molecule has 1 aliphatic carbocycles. The summed E-state index contributed by atoms with van der Waals surface area (Å²) in [7, 11) is 0. The summed E-state index contributed by atoms with van der Waals surface area (Å²) in [6.45, 7) is 2.60. The molecule has 2 unspecified atom stereocenters.